The Hall–Kier alpha value is -3.42. The molecule has 7 nitrogen and oxygen atoms in total. The molecule has 4 heterocycles. The Morgan fingerprint density at radius 2 is 1.78 bits per heavy atom. The first-order chi connectivity index (χ1) is 15.6. The quantitative estimate of drug-likeness (QED) is 0.673. The van der Waals surface area contributed by atoms with Crippen molar-refractivity contribution >= 4 is 23.1 Å². The van der Waals surface area contributed by atoms with E-state index in [9.17, 15) is 14.0 Å². The summed E-state index contributed by atoms with van der Waals surface area (Å²) in [4.78, 5) is 29.1. The average Bonchev–Trinajstić information content (AvgIpc) is 3.49. The summed E-state index contributed by atoms with van der Waals surface area (Å²) in [5, 5.41) is 7.13. The molecule has 5 rings (SSSR count). The first-order valence-electron chi connectivity index (χ1n) is 11.2. The fraction of sp³-hybridized carbons (Fsp3) is 0.375. The summed E-state index contributed by atoms with van der Waals surface area (Å²) in [6.07, 6.45) is 7.35. The van der Waals surface area contributed by atoms with Crippen molar-refractivity contribution in [3.8, 4) is 0 Å². The molecule has 2 saturated heterocycles. The molecular formula is C24H26FN5O2. The van der Waals surface area contributed by atoms with Crippen LogP contribution < -0.4 is 5.32 Å². The number of aromatic nitrogens is 2. The van der Waals surface area contributed by atoms with Crippen molar-refractivity contribution in [3.63, 3.8) is 0 Å². The van der Waals surface area contributed by atoms with Crippen molar-refractivity contribution < 1.29 is 14.0 Å². The van der Waals surface area contributed by atoms with Crippen LogP contribution in [0, 0.1) is 5.82 Å². The zero-order chi connectivity index (χ0) is 22.1. The zero-order valence-electron chi connectivity index (χ0n) is 17.8. The van der Waals surface area contributed by atoms with E-state index in [0.29, 0.717) is 30.3 Å². The number of carbonyl (C=O) groups excluding carboxylic acids is 2. The number of piperidine rings is 1. The average molecular weight is 436 g/mol. The molecule has 32 heavy (non-hydrogen) atoms. The Balaban J connectivity index is 1.26. The fourth-order valence-corrected chi connectivity index (χ4v) is 4.69. The van der Waals surface area contributed by atoms with E-state index in [1.165, 1.54) is 17.7 Å². The molecule has 0 bridgehead atoms. The molecular weight excluding hydrogens is 409 g/mol. The van der Waals surface area contributed by atoms with Crippen LogP contribution >= 0.6 is 0 Å². The number of hydrogen-bond acceptors (Lipinski definition) is 3. The summed E-state index contributed by atoms with van der Waals surface area (Å²) >= 11 is 0. The number of urea groups is 1. The second-order valence-electron chi connectivity index (χ2n) is 8.55. The van der Waals surface area contributed by atoms with Crippen molar-refractivity contribution in [1.29, 1.82) is 0 Å². The molecule has 0 atom stereocenters. The number of pyridine rings is 1. The highest BCUT2D eigenvalue weighted by molar-refractivity contribution is 6.00. The largest absolute Gasteiger partial charge is 0.339 e. The van der Waals surface area contributed by atoms with Gasteiger partial charge in [0.25, 0.3) is 5.91 Å². The predicted molar refractivity (Wildman–Crippen MR) is 119 cm³/mol. The monoisotopic (exact) mass is 435 g/mol. The summed E-state index contributed by atoms with van der Waals surface area (Å²) in [5.41, 5.74) is 3.11. The van der Waals surface area contributed by atoms with Crippen molar-refractivity contribution in [2.24, 2.45) is 0 Å². The first kappa shape index (κ1) is 20.5. The zero-order valence-corrected chi connectivity index (χ0v) is 17.8. The molecule has 0 saturated carbocycles. The van der Waals surface area contributed by atoms with Crippen molar-refractivity contribution in [2.75, 3.05) is 31.5 Å². The van der Waals surface area contributed by atoms with Crippen molar-refractivity contribution in [3.05, 3.63) is 65.7 Å². The normalized spacial score (nSPS) is 17.2. The standard InChI is InChI=1S/C24H26FN5O2/c25-19-4-3-5-20(15-19)27-24(32)29-11-6-17(7-12-29)18-8-13-30-22(14-18)21(16-26-30)23(31)28-9-1-2-10-28/h3-5,8,13-17H,1-2,6-7,9-12H2,(H,27,32). The highest BCUT2D eigenvalue weighted by Crippen LogP contribution is 2.30. The van der Waals surface area contributed by atoms with E-state index in [2.05, 4.69) is 22.5 Å². The lowest BCUT2D eigenvalue weighted by Crippen LogP contribution is -2.40. The van der Waals surface area contributed by atoms with E-state index in [-0.39, 0.29) is 17.8 Å². The number of fused-ring (bicyclic) bond motifs is 1. The lowest BCUT2D eigenvalue weighted by atomic mass is 9.89. The van der Waals surface area contributed by atoms with Crippen LogP contribution in [-0.2, 0) is 0 Å². The van der Waals surface area contributed by atoms with Gasteiger partial charge in [0.15, 0.2) is 0 Å². The van der Waals surface area contributed by atoms with Crippen molar-refractivity contribution in [2.45, 2.75) is 31.6 Å². The molecule has 3 aromatic rings. The van der Waals surface area contributed by atoms with Gasteiger partial charge in [-0.05, 0) is 67.5 Å². The van der Waals surface area contributed by atoms with Gasteiger partial charge in [-0.15, -0.1) is 0 Å². The number of nitrogens with zero attached hydrogens (tertiary/aromatic N) is 4. The van der Waals surface area contributed by atoms with Crippen LogP contribution in [0.15, 0.2) is 48.8 Å². The number of carbonyl (C=O) groups is 2. The Bertz CT molecular complexity index is 1150. The van der Waals surface area contributed by atoms with E-state index in [1.807, 2.05) is 11.1 Å². The van der Waals surface area contributed by atoms with Crippen LogP contribution in [0.5, 0.6) is 0 Å². The van der Waals surface area contributed by atoms with Gasteiger partial charge < -0.3 is 15.1 Å². The number of nitrogens with one attached hydrogen (secondary N) is 1. The summed E-state index contributed by atoms with van der Waals surface area (Å²) in [6.45, 7) is 2.86. The number of anilines is 1. The molecule has 2 aliphatic rings. The minimum atomic E-state index is -0.376. The van der Waals surface area contributed by atoms with Crippen LogP contribution in [-0.4, -0.2) is 57.5 Å². The third-order valence-electron chi connectivity index (χ3n) is 6.50. The Kier molecular flexibility index (Phi) is 5.51. The smallest absolute Gasteiger partial charge is 0.321 e. The Morgan fingerprint density at radius 3 is 2.53 bits per heavy atom. The predicted octanol–water partition coefficient (Wildman–Crippen LogP) is 4.12. The summed E-state index contributed by atoms with van der Waals surface area (Å²) in [6, 6.07) is 9.83. The van der Waals surface area contributed by atoms with Gasteiger partial charge in [-0.1, -0.05) is 6.07 Å². The third kappa shape index (κ3) is 4.04. The van der Waals surface area contributed by atoms with Gasteiger partial charge in [0, 0.05) is 38.1 Å². The SMILES string of the molecule is O=C(Nc1cccc(F)c1)N1CCC(c2ccn3ncc(C(=O)N4CCCC4)c3c2)CC1. The second-order valence-corrected chi connectivity index (χ2v) is 8.55. The number of halogens is 1. The first-order valence-corrected chi connectivity index (χ1v) is 11.2. The molecule has 2 aliphatic heterocycles. The summed E-state index contributed by atoms with van der Waals surface area (Å²) in [5.74, 6) is -0.0132. The van der Waals surface area contributed by atoms with Crippen LogP contribution in [0.2, 0.25) is 0 Å². The molecule has 0 radical (unpaired) electrons. The number of hydrogen-bond donors (Lipinski definition) is 1. The molecule has 2 fully saturated rings. The number of rotatable bonds is 3. The number of benzene rings is 1. The highest BCUT2D eigenvalue weighted by Gasteiger charge is 2.26. The van der Waals surface area contributed by atoms with E-state index >= 15 is 0 Å². The van der Waals surface area contributed by atoms with Crippen LogP contribution in [0.1, 0.15) is 47.5 Å². The van der Waals surface area contributed by atoms with E-state index < -0.39 is 0 Å². The van der Waals surface area contributed by atoms with Crippen LogP contribution in [0.3, 0.4) is 0 Å². The van der Waals surface area contributed by atoms with Gasteiger partial charge in [0.1, 0.15) is 5.82 Å². The lowest BCUT2D eigenvalue weighted by Gasteiger charge is -2.32. The minimum absolute atomic E-state index is 0.0542. The number of amides is 3. The van der Waals surface area contributed by atoms with Gasteiger partial charge in [-0.25, -0.2) is 13.7 Å². The van der Waals surface area contributed by atoms with Gasteiger partial charge in [-0.3, -0.25) is 4.79 Å². The molecule has 0 unspecified atom stereocenters. The van der Waals surface area contributed by atoms with E-state index in [4.69, 9.17) is 0 Å². The summed E-state index contributed by atoms with van der Waals surface area (Å²) < 4.78 is 15.1. The molecule has 3 amide bonds. The minimum Gasteiger partial charge on any atom is -0.339 e. The summed E-state index contributed by atoms with van der Waals surface area (Å²) in [7, 11) is 0. The molecule has 166 valence electrons. The van der Waals surface area contributed by atoms with Gasteiger partial charge in [0.2, 0.25) is 0 Å². The second kappa shape index (κ2) is 8.61. The van der Waals surface area contributed by atoms with Crippen LogP contribution in [0.25, 0.3) is 5.52 Å². The third-order valence-corrected chi connectivity index (χ3v) is 6.50. The van der Waals surface area contributed by atoms with E-state index in [1.54, 1.807) is 27.7 Å². The van der Waals surface area contributed by atoms with Gasteiger partial charge in [0.05, 0.1) is 17.3 Å². The van der Waals surface area contributed by atoms with Gasteiger partial charge in [-0.2, -0.15) is 5.10 Å². The molecule has 0 aliphatic carbocycles. The van der Waals surface area contributed by atoms with E-state index in [0.717, 1.165) is 44.3 Å². The molecule has 1 N–H and O–H groups in total. The maximum absolute atomic E-state index is 13.4. The molecule has 2 aromatic heterocycles. The molecule has 0 spiro atoms. The Labute approximate surface area is 185 Å². The Morgan fingerprint density at radius 1 is 1.00 bits per heavy atom. The number of likely N-dealkylation sites (tertiary alicyclic amines) is 2. The maximum Gasteiger partial charge on any atom is 0.321 e. The lowest BCUT2D eigenvalue weighted by molar-refractivity contribution is 0.0794. The highest BCUT2D eigenvalue weighted by atomic mass is 19.1. The topological polar surface area (TPSA) is 70.0 Å². The maximum atomic E-state index is 13.4. The van der Waals surface area contributed by atoms with Crippen molar-refractivity contribution in [1.82, 2.24) is 19.4 Å². The molecule has 1 aromatic carbocycles. The van der Waals surface area contributed by atoms with Crippen LogP contribution in [0.4, 0.5) is 14.9 Å². The molecule has 8 heteroatoms. The fourth-order valence-electron chi connectivity index (χ4n) is 4.69. The van der Waals surface area contributed by atoms with Gasteiger partial charge >= 0.3 is 6.03 Å².